The lowest BCUT2D eigenvalue weighted by Crippen LogP contribution is -2.44. The Morgan fingerprint density at radius 2 is 1.81 bits per heavy atom. The first kappa shape index (κ1) is 22.0. The molecule has 1 aliphatic rings. The first-order valence-corrected chi connectivity index (χ1v) is 11.2. The van der Waals surface area contributed by atoms with Gasteiger partial charge in [-0.15, -0.1) is 0 Å². The summed E-state index contributed by atoms with van der Waals surface area (Å²) >= 11 is 0. The summed E-state index contributed by atoms with van der Waals surface area (Å²) in [6.07, 6.45) is 1.99. The van der Waals surface area contributed by atoms with E-state index in [0.29, 0.717) is 37.4 Å². The maximum Gasteiger partial charge on any atom is 0.253 e. The van der Waals surface area contributed by atoms with Crippen LogP contribution in [-0.2, 0) is 4.79 Å². The molecule has 1 aliphatic heterocycles. The lowest BCUT2D eigenvalue weighted by molar-refractivity contribution is -0.127. The van der Waals surface area contributed by atoms with E-state index in [1.807, 2.05) is 24.3 Å². The SMILES string of the molecule is CC(C)CC(NC(=O)C1CCN(C(=O)c2ccc(F)cc2)CC1)c1nc2ccccc2[nH]1. The summed E-state index contributed by atoms with van der Waals surface area (Å²) in [5, 5.41) is 3.20. The van der Waals surface area contributed by atoms with Gasteiger partial charge in [0.05, 0.1) is 17.1 Å². The van der Waals surface area contributed by atoms with E-state index < -0.39 is 0 Å². The minimum Gasteiger partial charge on any atom is -0.346 e. The molecule has 0 saturated carbocycles. The molecule has 1 saturated heterocycles. The number of fused-ring (bicyclic) bond motifs is 1. The highest BCUT2D eigenvalue weighted by molar-refractivity contribution is 5.94. The van der Waals surface area contributed by atoms with Gasteiger partial charge in [0.15, 0.2) is 0 Å². The first-order valence-electron chi connectivity index (χ1n) is 11.2. The molecule has 1 unspecified atom stereocenters. The molecule has 0 radical (unpaired) electrons. The molecule has 6 nitrogen and oxygen atoms in total. The fraction of sp³-hybridized carbons (Fsp3) is 0.400. The molecule has 1 aromatic heterocycles. The lowest BCUT2D eigenvalue weighted by Gasteiger charge is -2.32. The number of carbonyl (C=O) groups excluding carboxylic acids is 2. The van der Waals surface area contributed by atoms with Gasteiger partial charge in [0.25, 0.3) is 5.91 Å². The molecule has 0 bridgehead atoms. The number of piperidine rings is 1. The van der Waals surface area contributed by atoms with Crippen molar-refractivity contribution in [2.45, 2.75) is 39.2 Å². The fourth-order valence-electron chi connectivity index (χ4n) is 4.26. The number of nitrogens with zero attached hydrogens (tertiary/aromatic N) is 2. The monoisotopic (exact) mass is 436 g/mol. The van der Waals surface area contributed by atoms with Crippen molar-refractivity contribution >= 4 is 22.8 Å². The molecule has 0 spiro atoms. The Morgan fingerprint density at radius 3 is 2.47 bits per heavy atom. The van der Waals surface area contributed by atoms with E-state index in [2.05, 4.69) is 29.1 Å². The average Bonchev–Trinajstić information content (AvgIpc) is 3.23. The molecule has 168 valence electrons. The van der Waals surface area contributed by atoms with Crippen LogP contribution in [0.3, 0.4) is 0 Å². The molecular weight excluding hydrogens is 407 g/mol. The number of likely N-dealkylation sites (tertiary alicyclic amines) is 1. The number of rotatable bonds is 6. The molecule has 3 aromatic rings. The molecule has 32 heavy (non-hydrogen) atoms. The molecule has 2 heterocycles. The number of nitrogens with one attached hydrogen (secondary N) is 2. The zero-order valence-electron chi connectivity index (χ0n) is 18.5. The van der Waals surface area contributed by atoms with Crippen molar-refractivity contribution in [1.29, 1.82) is 0 Å². The van der Waals surface area contributed by atoms with Gasteiger partial charge in [-0.25, -0.2) is 9.37 Å². The number of para-hydroxylation sites is 2. The van der Waals surface area contributed by atoms with Crippen molar-refractivity contribution in [3.63, 3.8) is 0 Å². The van der Waals surface area contributed by atoms with Crippen molar-refractivity contribution in [1.82, 2.24) is 20.2 Å². The van der Waals surface area contributed by atoms with Crippen LogP contribution in [0, 0.1) is 17.7 Å². The lowest BCUT2D eigenvalue weighted by atomic mass is 9.94. The third-order valence-corrected chi connectivity index (χ3v) is 6.01. The normalized spacial score (nSPS) is 15.8. The summed E-state index contributed by atoms with van der Waals surface area (Å²) in [6, 6.07) is 13.2. The molecule has 0 aliphatic carbocycles. The number of hydrogen-bond acceptors (Lipinski definition) is 3. The summed E-state index contributed by atoms with van der Waals surface area (Å²) in [7, 11) is 0. The zero-order valence-corrected chi connectivity index (χ0v) is 18.5. The van der Waals surface area contributed by atoms with Crippen LogP contribution >= 0.6 is 0 Å². The van der Waals surface area contributed by atoms with Gasteiger partial charge < -0.3 is 15.2 Å². The Morgan fingerprint density at radius 1 is 1.12 bits per heavy atom. The van der Waals surface area contributed by atoms with Crippen molar-refractivity contribution in [3.05, 3.63) is 65.7 Å². The maximum absolute atomic E-state index is 13.1. The molecule has 2 aromatic carbocycles. The highest BCUT2D eigenvalue weighted by Crippen LogP contribution is 2.25. The van der Waals surface area contributed by atoms with Crippen LogP contribution in [-0.4, -0.2) is 39.8 Å². The van der Waals surface area contributed by atoms with Crippen LogP contribution in [0.4, 0.5) is 4.39 Å². The predicted octanol–water partition coefficient (Wildman–Crippen LogP) is 4.46. The molecule has 7 heteroatoms. The van der Waals surface area contributed by atoms with Crippen LogP contribution in [0.5, 0.6) is 0 Å². The Bertz CT molecular complexity index is 1050. The van der Waals surface area contributed by atoms with Crippen LogP contribution in [0.15, 0.2) is 48.5 Å². The van der Waals surface area contributed by atoms with Gasteiger partial charge in [0.1, 0.15) is 11.6 Å². The second-order valence-electron chi connectivity index (χ2n) is 8.90. The number of aromatic nitrogens is 2. The van der Waals surface area contributed by atoms with E-state index in [1.165, 1.54) is 24.3 Å². The van der Waals surface area contributed by atoms with E-state index in [-0.39, 0.29) is 29.6 Å². The molecule has 1 fully saturated rings. The quantitative estimate of drug-likeness (QED) is 0.599. The second kappa shape index (κ2) is 9.51. The standard InChI is InChI=1S/C25H29FN4O2/c1-16(2)15-22(23-27-20-5-3-4-6-21(20)28-23)29-24(31)17-11-13-30(14-12-17)25(32)18-7-9-19(26)10-8-18/h3-10,16-17,22H,11-15H2,1-2H3,(H,27,28)(H,29,31). The van der Waals surface area contributed by atoms with Gasteiger partial charge in [0, 0.05) is 24.6 Å². The third kappa shape index (κ3) is 4.98. The molecular formula is C25H29FN4O2. The van der Waals surface area contributed by atoms with Crippen LogP contribution in [0.2, 0.25) is 0 Å². The van der Waals surface area contributed by atoms with Crippen LogP contribution < -0.4 is 5.32 Å². The number of hydrogen-bond donors (Lipinski definition) is 2. The van der Waals surface area contributed by atoms with Gasteiger partial charge >= 0.3 is 0 Å². The van der Waals surface area contributed by atoms with Gasteiger partial charge in [-0.1, -0.05) is 26.0 Å². The minimum absolute atomic E-state index is 0.00462. The first-order chi connectivity index (χ1) is 15.4. The van der Waals surface area contributed by atoms with Gasteiger partial charge in [0.2, 0.25) is 5.91 Å². The summed E-state index contributed by atoms with van der Waals surface area (Å²) in [4.78, 5) is 35.5. The number of aromatic amines is 1. The topological polar surface area (TPSA) is 78.1 Å². The average molecular weight is 437 g/mol. The summed E-state index contributed by atoms with van der Waals surface area (Å²) in [5.74, 6) is 0.540. The Balaban J connectivity index is 1.39. The summed E-state index contributed by atoms with van der Waals surface area (Å²) < 4.78 is 13.1. The van der Waals surface area contributed by atoms with E-state index in [0.717, 1.165) is 23.3 Å². The zero-order chi connectivity index (χ0) is 22.7. The molecule has 4 rings (SSSR count). The Kier molecular flexibility index (Phi) is 6.53. The van der Waals surface area contributed by atoms with Gasteiger partial charge in [-0.3, -0.25) is 9.59 Å². The van der Waals surface area contributed by atoms with Crippen molar-refractivity contribution < 1.29 is 14.0 Å². The van der Waals surface area contributed by atoms with Gasteiger partial charge in [-0.05, 0) is 61.6 Å². The predicted molar refractivity (Wildman–Crippen MR) is 121 cm³/mol. The largest absolute Gasteiger partial charge is 0.346 e. The number of benzene rings is 2. The molecule has 1 atom stereocenters. The van der Waals surface area contributed by atoms with Crippen molar-refractivity contribution in [2.24, 2.45) is 11.8 Å². The van der Waals surface area contributed by atoms with Crippen LogP contribution in [0.25, 0.3) is 11.0 Å². The maximum atomic E-state index is 13.1. The summed E-state index contributed by atoms with van der Waals surface area (Å²) in [5.41, 5.74) is 2.31. The number of amides is 2. The number of halogens is 1. The highest BCUT2D eigenvalue weighted by atomic mass is 19.1. The van der Waals surface area contributed by atoms with E-state index >= 15 is 0 Å². The number of H-pyrrole nitrogens is 1. The Hall–Kier alpha value is -3.22. The summed E-state index contributed by atoms with van der Waals surface area (Å²) in [6.45, 7) is 5.27. The van der Waals surface area contributed by atoms with Crippen LogP contribution in [0.1, 0.15) is 55.3 Å². The number of imidazole rings is 1. The second-order valence-corrected chi connectivity index (χ2v) is 8.90. The fourth-order valence-corrected chi connectivity index (χ4v) is 4.26. The van der Waals surface area contributed by atoms with Gasteiger partial charge in [-0.2, -0.15) is 0 Å². The Labute approximate surface area is 187 Å². The van der Waals surface area contributed by atoms with Crippen molar-refractivity contribution in [2.75, 3.05) is 13.1 Å². The van der Waals surface area contributed by atoms with E-state index in [9.17, 15) is 14.0 Å². The molecule has 2 amide bonds. The smallest absolute Gasteiger partial charge is 0.253 e. The van der Waals surface area contributed by atoms with E-state index in [1.54, 1.807) is 4.90 Å². The third-order valence-electron chi connectivity index (χ3n) is 6.01. The van der Waals surface area contributed by atoms with E-state index in [4.69, 9.17) is 0 Å². The molecule has 2 N–H and O–H groups in total. The number of carbonyl (C=O) groups is 2. The highest BCUT2D eigenvalue weighted by Gasteiger charge is 2.30. The van der Waals surface area contributed by atoms with Crippen molar-refractivity contribution in [3.8, 4) is 0 Å². The minimum atomic E-state index is -0.364.